The monoisotopic (exact) mass is 384 g/mol. The predicted molar refractivity (Wildman–Crippen MR) is 110 cm³/mol. The summed E-state index contributed by atoms with van der Waals surface area (Å²) in [7, 11) is 5.37. The molecule has 0 aliphatic carbocycles. The number of methoxy groups -OCH3 is 2. The van der Waals surface area contributed by atoms with Gasteiger partial charge in [0.15, 0.2) is 0 Å². The molecule has 4 rings (SSSR count). The Morgan fingerprint density at radius 1 is 1.32 bits per heavy atom. The van der Waals surface area contributed by atoms with Crippen molar-refractivity contribution in [2.75, 3.05) is 45.9 Å². The Bertz CT molecular complexity index is 777. The lowest BCUT2D eigenvalue weighted by Crippen LogP contribution is -2.54. The number of fused-ring (bicyclic) bond motifs is 4. The van der Waals surface area contributed by atoms with Gasteiger partial charge in [0.2, 0.25) is 5.91 Å². The summed E-state index contributed by atoms with van der Waals surface area (Å²) in [5.74, 6) is 1.21. The SMILES string of the molecule is CCC1CN2CCC3(C(=O)N(C)c4ccccc43)C2CC1C(=COC)COC. The normalized spacial score (nSPS) is 32.7. The number of anilines is 1. The van der Waals surface area contributed by atoms with Crippen LogP contribution in [0.15, 0.2) is 36.1 Å². The number of benzene rings is 1. The fraction of sp³-hybridized carbons (Fsp3) is 0.609. The van der Waals surface area contributed by atoms with Crippen LogP contribution in [0.25, 0.3) is 0 Å². The minimum Gasteiger partial charge on any atom is -0.504 e. The number of nitrogens with zero attached hydrogens (tertiary/aromatic N) is 2. The molecule has 1 aromatic carbocycles. The van der Waals surface area contributed by atoms with Crippen LogP contribution in [0.2, 0.25) is 0 Å². The Labute approximate surface area is 168 Å². The van der Waals surface area contributed by atoms with E-state index < -0.39 is 5.41 Å². The second-order valence-electron chi connectivity index (χ2n) is 8.49. The highest BCUT2D eigenvalue weighted by Gasteiger charge is 2.61. The molecule has 28 heavy (non-hydrogen) atoms. The van der Waals surface area contributed by atoms with Crippen molar-refractivity contribution in [2.45, 2.75) is 37.6 Å². The van der Waals surface area contributed by atoms with Crippen LogP contribution < -0.4 is 4.90 Å². The van der Waals surface area contributed by atoms with Crippen LogP contribution in [0.5, 0.6) is 0 Å². The van der Waals surface area contributed by atoms with Gasteiger partial charge < -0.3 is 14.4 Å². The Morgan fingerprint density at radius 3 is 2.82 bits per heavy atom. The minimum absolute atomic E-state index is 0.232. The molecule has 0 N–H and O–H groups in total. The average molecular weight is 385 g/mol. The topological polar surface area (TPSA) is 42.0 Å². The summed E-state index contributed by atoms with van der Waals surface area (Å²) < 4.78 is 10.9. The van der Waals surface area contributed by atoms with E-state index in [4.69, 9.17) is 9.47 Å². The van der Waals surface area contributed by atoms with Gasteiger partial charge in [0, 0.05) is 32.4 Å². The van der Waals surface area contributed by atoms with E-state index in [1.807, 2.05) is 24.3 Å². The van der Waals surface area contributed by atoms with Crippen molar-refractivity contribution in [3.63, 3.8) is 0 Å². The van der Waals surface area contributed by atoms with Gasteiger partial charge in [-0.05, 0) is 48.4 Å². The Kier molecular flexibility index (Phi) is 5.23. The molecule has 1 aromatic rings. The highest BCUT2D eigenvalue weighted by molar-refractivity contribution is 6.08. The largest absolute Gasteiger partial charge is 0.504 e. The Hall–Kier alpha value is -1.85. The summed E-state index contributed by atoms with van der Waals surface area (Å²) in [4.78, 5) is 18.0. The van der Waals surface area contributed by atoms with Crippen LogP contribution >= 0.6 is 0 Å². The molecular weight excluding hydrogens is 352 g/mol. The molecule has 2 saturated heterocycles. The number of hydrogen-bond acceptors (Lipinski definition) is 4. The summed E-state index contributed by atoms with van der Waals surface area (Å²) in [6.45, 7) is 4.89. The van der Waals surface area contributed by atoms with Crippen molar-refractivity contribution < 1.29 is 14.3 Å². The molecule has 0 saturated carbocycles. The quantitative estimate of drug-likeness (QED) is 0.731. The van der Waals surface area contributed by atoms with Crippen molar-refractivity contribution in [1.29, 1.82) is 0 Å². The van der Waals surface area contributed by atoms with Crippen LogP contribution in [-0.4, -0.2) is 57.8 Å². The lowest BCUT2D eigenvalue weighted by molar-refractivity contribution is -0.124. The average Bonchev–Trinajstić information content (AvgIpc) is 3.19. The van der Waals surface area contributed by atoms with Crippen LogP contribution in [-0.2, 0) is 19.7 Å². The molecule has 1 amide bonds. The third kappa shape index (κ3) is 2.71. The molecule has 5 nitrogen and oxygen atoms in total. The first-order chi connectivity index (χ1) is 13.6. The van der Waals surface area contributed by atoms with Gasteiger partial charge in [-0.2, -0.15) is 0 Å². The van der Waals surface area contributed by atoms with E-state index in [0.29, 0.717) is 18.4 Å². The van der Waals surface area contributed by atoms with Crippen LogP contribution in [0.1, 0.15) is 31.7 Å². The molecule has 1 spiro atoms. The lowest BCUT2D eigenvalue weighted by Gasteiger charge is -2.45. The van der Waals surface area contributed by atoms with E-state index in [2.05, 4.69) is 30.0 Å². The summed E-state index contributed by atoms with van der Waals surface area (Å²) in [6, 6.07) is 8.59. The summed E-state index contributed by atoms with van der Waals surface area (Å²) in [5.41, 5.74) is 3.10. The third-order valence-electron chi connectivity index (χ3n) is 7.33. The smallest absolute Gasteiger partial charge is 0.239 e. The Morgan fingerprint density at radius 2 is 2.11 bits per heavy atom. The van der Waals surface area contributed by atoms with Crippen molar-refractivity contribution in [3.05, 3.63) is 41.7 Å². The molecule has 152 valence electrons. The van der Waals surface area contributed by atoms with Gasteiger partial charge in [0.1, 0.15) is 0 Å². The van der Waals surface area contributed by atoms with Crippen molar-refractivity contribution >= 4 is 11.6 Å². The maximum Gasteiger partial charge on any atom is 0.239 e. The second kappa shape index (κ2) is 7.53. The lowest BCUT2D eigenvalue weighted by atomic mass is 9.67. The number of ether oxygens (including phenoxy) is 2. The number of carbonyl (C=O) groups excluding carboxylic acids is 1. The minimum atomic E-state index is -0.409. The zero-order valence-corrected chi connectivity index (χ0v) is 17.5. The molecule has 3 aliphatic heterocycles. The van der Waals surface area contributed by atoms with Gasteiger partial charge in [-0.15, -0.1) is 0 Å². The maximum atomic E-state index is 13.6. The van der Waals surface area contributed by atoms with Crippen molar-refractivity contribution in [3.8, 4) is 0 Å². The molecule has 3 aliphatic rings. The van der Waals surface area contributed by atoms with Gasteiger partial charge in [-0.25, -0.2) is 0 Å². The van der Waals surface area contributed by atoms with E-state index >= 15 is 0 Å². The van der Waals surface area contributed by atoms with Gasteiger partial charge in [0.05, 0.1) is 25.4 Å². The van der Waals surface area contributed by atoms with Gasteiger partial charge in [0.25, 0.3) is 0 Å². The fourth-order valence-corrected chi connectivity index (χ4v) is 6.03. The van der Waals surface area contributed by atoms with Crippen LogP contribution in [0, 0.1) is 11.8 Å². The molecule has 2 fully saturated rings. The van der Waals surface area contributed by atoms with E-state index in [-0.39, 0.29) is 11.9 Å². The van der Waals surface area contributed by atoms with E-state index in [0.717, 1.165) is 38.0 Å². The van der Waals surface area contributed by atoms with Crippen LogP contribution in [0.4, 0.5) is 5.69 Å². The molecule has 0 radical (unpaired) electrons. The highest BCUT2D eigenvalue weighted by atomic mass is 16.5. The Balaban J connectivity index is 1.74. The number of hydrogen-bond donors (Lipinski definition) is 0. The van der Waals surface area contributed by atoms with Crippen molar-refractivity contribution in [1.82, 2.24) is 4.90 Å². The van der Waals surface area contributed by atoms with Gasteiger partial charge in [-0.3, -0.25) is 9.69 Å². The zero-order valence-electron chi connectivity index (χ0n) is 17.5. The predicted octanol–water partition coefficient (Wildman–Crippen LogP) is 3.20. The fourth-order valence-electron chi connectivity index (χ4n) is 6.03. The zero-order chi connectivity index (χ0) is 19.9. The molecular formula is C23H32N2O3. The molecule has 0 aromatic heterocycles. The second-order valence-corrected chi connectivity index (χ2v) is 8.49. The number of para-hydroxylation sites is 1. The number of rotatable bonds is 5. The van der Waals surface area contributed by atoms with E-state index in [1.165, 1.54) is 11.1 Å². The number of carbonyl (C=O) groups is 1. The molecule has 3 heterocycles. The summed E-state index contributed by atoms with van der Waals surface area (Å²) >= 11 is 0. The van der Waals surface area contributed by atoms with Crippen LogP contribution in [0.3, 0.4) is 0 Å². The maximum absolute atomic E-state index is 13.6. The molecule has 5 heteroatoms. The highest BCUT2D eigenvalue weighted by Crippen LogP contribution is 2.54. The van der Waals surface area contributed by atoms with E-state index in [1.54, 1.807) is 14.2 Å². The third-order valence-corrected chi connectivity index (χ3v) is 7.33. The number of piperidine rings is 1. The molecule has 0 bridgehead atoms. The summed E-state index contributed by atoms with van der Waals surface area (Å²) in [6.07, 6.45) is 4.88. The van der Waals surface area contributed by atoms with E-state index in [9.17, 15) is 4.79 Å². The number of amides is 1. The van der Waals surface area contributed by atoms with Gasteiger partial charge in [-0.1, -0.05) is 31.5 Å². The van der Waals surface area contributed by atoms with Crippen molar-refractivity contribution in [2.24, 2.45) is 11.8 Å². The molecule has 4 unspecified atom stereocenters. The standard InChI is InChI=1S/C23H32N2O3/c1-5-16-13-25-11-10-23(19-8-6-7-9-20(19)24(2)22(23)26)21(25)12-18(16)17(14-27-3)15-28-4/h6-9,14,16,18,21H,5,10-13,15H2,1-4H3. The van der Waals surface area contributed by atoms with Gasteiger partial charge >= 0.3 is 0 Å². The first-order valence-electron chi connectivity index (χ1n) is 10.4. The first kappa shape index (κ1) is 19.5. The summed E-state index contributed by atoms with van der Waals surface area (Å²) in [5, 5.41) is 0. The molecule has 4 atom stereocenters. The number of likely N-dealkylation sites (N-methyl/N-ethyl adjacent to an activating group) is 1. The first-order valence-corrected chi connectivity index (χ1v) is 10.4.